The standard InChI is InChI=1S/C9H12BrClN2O4S2/c1-13(2)19(16,17)7-3-4-8(11)9(5-7)12-18(14,15)6-10/h3-5,12H,6H2,1-2H3. The van der Waals surface area contributed by atoms with E-state index < -0.39 is 20.0 Å². The number of alkyl halides is 1. The summed E-state index contributed by atoms with van der Waals surface area (Å²) in [5.41, 5.74) is 0.0176. The zero-order chi connectivity index (χ0) is 14.8. The van der Waals surface area contributed by atoms with Gasteiger partial charge in [-0.1, -0.05) is 27.5 Å². The third-order valence-corrected chi connectivity index (χ3v) is 6.89. The van der Waals surface area contributed by atoms with E-state index in [1.165, 1.54) is 32.3 Å². The van der Waals surface area contributed by atoms with E-state index in [0.717, 1.165) is 4.31 Å². The van der Waals surface area contributed by atoms with E-state index in [9.17, 15) is 16.8 Å². The van der Waals surface area contributed by atoms with Crippen molar-refractivity contribution in [2.24, 2.45) is 0 Å². The zero-order valence-corrected chi connectivity index (χ0v) is 14.1. The average Bonchev–Trinajstić information content (AvgIpc) is 2.31. The number of sulfonamides is 2. The minimum atomic E-state index is -3.65. The van der Waals surface area contributed by atoms with E-state index >= 15 is 0 Å². The molecule has 6 nitrogen and oxygen atoms in total. The van der Waals surface area contributed by atoms with Gasteiger partial charge in [0.2, 0.25) is 20.0 Å². The third kappa shape index (κ3) is 4.06. The molecule has 1 rings (SSSR count). The first-order valence-corrected chi connectivity index (χ1v) is 9.48. The number of rotatable bonds is 5. The van der Waals surface area contributed by atoms with Crippen molar-refractivity contribution in [2.45, 2.75) is 4.90 Å². The van der Waals surface area contributed by atoms with Crippen LogP contribution < -0.4 is 4.72 Å². The summed E-state index contributed by atoms with van der Waals surface area (Å²) in [6, 6.07) is 3.81. The van der Waals surface area contributed by atoms with Crippen LogP contribution in [0.15, 0.2) is 23.1 Å². The summed E-state index contributed by atoms with van der Waals surface area (Å²) >= 11 is 8.65. The number of hydrogen-bond acceptors (Lipinski definition) is 4. The van der Waals surface area contributed by atoms with Gasteiger partial charge in [0.15, 0.2) is 0 Å². The van der Waals surface area contributed by atoms with Gasteiger partial charge < -0.3 is 0 Å². The number of benzene rings is 1. The first-order chi connectivity index (χ1) is 8.60. The lowest BCUT2D eigenvalue weighted by atomic mass is 10.3. The van der Waals surface area contributed by atoms with Crippen LogP contribution in [0.4, 0.5) is 5.69 Å². The lowest BCUT2D eigenvalue weighted by Gasteiger charge is -2.13. The minimum Gasteiger partial charge on any atom is -0.281 e. The van der Waals surface area contributed by atoms with Gasteiger partial charge in [0.1, 0.15) is 4.66 Å². The predicted molar refractivity (Wildman–Crippen MR) is 78.7 cm³/mol. The molecule has 0 bridgehead atoms. The summed E-state index contributed by atoms with van der Waals surface area (Å²) in [5.74, 6) is 0. The molecule has 0 amide bonds. The Labute approximate surface area is 126 Å². The van der Waals surface area contributed by atoms with Gasteiger partial charge in [-0.3, -0.25) is 4.72 Å². The maximum atomic E-state index is 11.9. The van der Waals surface area contributed by atoms with Crippen LogP contribution in [0.2, 0.25) is 5.02 Å². The molecule has 0 saturated heterocycles. The van der Waals surface area contributed by atoms with Crippen molar-refractivity contribution in [1.82, 2.24) is 4.31 Å². The van der Waals surface area contributed by atoms with E-state index in [4.69, 9.17) is 11.6 Å². The molecule has 1 aromatic rings. The molecule has 0 spiro atoms. The van der Waals surface area contributed by atoms with Gasteiger partial charge in [-0.2, -0.15) is 0 Å². The molecular weight excluding hydrogens is 380 g/mol. The summed E-state index contributed by atoms with van der Waals surface area (Å²) in [6.45, 7) is 0. The highest BCUT2D eigenvalue weighted by atomic mass is 79.9. The Bertz CT molecular complexity index is 673. The molecule has 0 aliphatic rings. The van der Waals surface area contributed by atoms with Gasteiger partial charge in [0.25, 0.3) is 0 Å². The van der Waals surface area contributed by atoms with Gasteiger partial charge in [0.05, 0.1) is 15.6 Å². The van der Waals surface area contributed by atoms with Crippen molar-refractivity contribution in [1.29, 1.82) is 0 Å². The highest BCUT2D eigenvalue weighted by Crippen LogP contribution is 2.27. The average molecular weight is 392 g/mol. The number of halogens is 2. The molecule has 19 heavy (non-hydrogen) atoms. The van der Waals surface area contributed by atoms with Crippen LogP contribution in [-0.2, 0) is 20.0 Å². The Morgan fingerprint density at radius 2 is 1.84 bits per heavy atom. The molecule has 0 unspecified atom stereocenters. The molecule has 10 heteroatoms. The molecule has 0 aliphatic heterocycles. The Balaban J connectivity index is 3.30. The van der Waals surface area contributed by atoms with E-state index in [2.05, 4.69) is 20.7 Å². The highest BCUT2D eigenvalue weighted by Gasteiger charge is 2.19. The molecule has 1 aromatic carbocycles. The van der Waals surface area contributed by atoms with Gasteiger partial charge in [0, 0.05) is 14.1 Å². The second kappa shape index (κ2) is 5.96. The van der Waals surface area contributed by atoms with Gasteiger partial charge >= 0.3 is 0 Å². The molecule has 0 saturated carbocycles. The minimum absolute atomic E-state index is 0.0176. The van der Waals surface area contributed by atoms with Crippen LogP contribution in [0.25, 0.3) is 0 Å². The second-order valence-electron chi connectivity index (χ2n) is 3.75. The molecule has 1 N–H and O–H groups in total. The van der Waals surface area contributed by atoms with Crippen molar-refractivity contribution in [3.05, 3.63) is 23.2 Å². The first kappa shape index (κ1) is 16.7. The molecule has 0 radical (unpaired) electrons. The molecular formula is C9H12BrClN2O4S2. The fraction of sp³-hybridized carbons (Fsp3) is 0.333. The zero-order valence-electron chi connectivity index (χ0n) is 10.1. The third-order valence-electron chi connectivity index (χ3n) is 2.13. The van der Waals surface area contributed by atoms with Crippen molar-refractivity contribution < 1.29 is 16.8 Å². The summed E-state index contributed by atoms with van der Waals surface area (Å²) in [4.78, 5) is -0.0471. The summed E-state index contributed by atoms with van der Waals surface area (Å²) < 4.78 is 49.6. The molecule has 0 fully saturated rings. The molecule has 0 atom stereocenters. The quantitative estimate of drug-likeness (QED) is 0.774. The monoisotopic (exact) mass is 390 g/mol. The van der Waals surface area contributed by atoms with Crippen LogP contribution in [0.1, 0.15) is 0 Å². The molecule has 108 valence electrons. The molecule has 0 heterocycles. The van der Waals surface area contributed by atoms with Crippen molar-refractivity contribution in [3.8, 4) is 0 Å². The highest BCUT2D eigenvalue weighted by molar-refractivity contribution is 9.10. The summed E-state index contributed by atoms with van der Waals surface area (Å²) in [5, 5.41) is 0.113. The molecule has 0 aliphatic carbocycles. The Kier molecular flexibility index (Phi) is 5.24. The Morgan fingerprint density at radius 1 is 1.26 bits per heavy atom. The van der Waals surface area contributed by atoms with E-state index in [1.807, 2.05) is 0 Å². The van der Waals surface area contributed by atoms with Crippen LogP contribution >= 0.6 is 27.5 Å². The molecule has 0 aromatic heterocycles. The number of anilines is 1. The van der Waals surface area contributed by atoms with Gasteiger partial charge in [-0.15, -0.1) is 0 Å². The second-order valence-corrected chi connectivity index (χ2v) is 9.34. The van der Waals surface area contributed by atoms with Crippen LogP contribution in [0, 0.1) is 0 Å². The van der Waals surface area contributed by atoms with Crippen molar-refractivity contribution in [2.75, 3.05) is 23.5 Å². The van der Waals surface area contributed by atoms with Crippen molar-refractivity contribution >= 4 is 53.3 Å². The van der Waals surface area contributed by atoms with E-state index in [-0.39, 0.29) is 20.3 Å². The van der Waals surface area contributed by atoms with Crippen molar-refractivity contribution in [3.63, 3.8) is 0 Å². The lowest BCUT2D eigenvalue weighted by Crippen LogP contribution is -2.22. The number of nitrogens with zero attached hydrogens (tertiary/aromatic N) is 1. The smallest absolute Gasteiger partial charge is 0.242 e. The Hall–Kier alpha value is -0.350. The first-order valence-electron chi connectivity index (χ1n) is 4.88. The largest absolute Gasteiger partial charge is 0.281 e. The van der Waals surface area contributed by atoms with Crippen LogP contribution in [0.3, 0.4) is 0 Å². The van der Waals surface area contributed by atoms with E-state index in [1.54, 1.807) is 0 Å². The maximum absolute atomic E-state index is 11.9. The van der Waals surface area contributed by atoms with E-state index in [0.29, 0.717) is 0 Å². The number of hydrogen-bond donors (Lipinski definition) is 1. The topological polar surface area (TPSA) is 83.6 Å². The lowest BCUT2D eigenvalue weighted by molar-refractivity contribution is 0.521. The van der Waals surface area contributed by atoms with Crippen LogP contribution in [0.5, 0.6) is 0 Å². The van der Waals surface area contributed by atoms with Gasteiger partial charge in [-0.05, 0) is 18.2 Å². The predicted octanol–water partition coefficient (Wildman–Crippen LogP) is 1.68. The number of nitrogens with one attached hydrogen (secondary N) is 1. The SMILES string of the molecule is CN(C)S(=O)(=O)c1ccc(Cl)c(NS(=O)(=O)CBr)c1. The van der Waals surface area contributed by atoms with Crippen LogP contribution in [-0.4, -0.2) is 39.9 Å². The maximum Gasteiger partial charge on any atom is 0.242 e. The summed E-state index contributed by atoms with van der Waals surface area (Å²) in [7, 11) is -4.49. The van der Waals surface area contributed by atoms with Gasteiger partial charge in [-0.25, -0.2) is 21.1 Å². The fourth-order valence-corrected chi connectivity index (χ4v) is 3.20. The summed E-state index contributed by atoms with van der Waals surface area (Å²) in [6.07, 6.45) is 0. The fourth-order valence-electron chi connectivity index (χ4n) is 1.15. The normalized spacial score (nSPS) is 12.7. The Morgan fingerprint density at radius 3 is 2.32 bits per heavy atom.